The van der Waals surface area contributed by atoms with Crippen molar-refractivity contribution in [1.82, 2.24) is 0 Å². The number of hydrogen-bond acceptors (Lipinski definition) is 3. The average Bonchev–Trinajstić information content (AvgIpc) is 2.32. The van der Waals surface area contributed by atoms with Gasteiger partial charge in [-0.15, -0.1) is 0 Å². The van der Waals surface area contributed by atoms with Gasteiger partial charge in [-0.3, -0.25) is 0 Å². The third kappa shape index (κ3) is 2.18. The van der Waals surface area contributed by atoms with Crippen molar-refractivity contribution in [2.24, 2.45) is 0 Å². The molecule has 1 aliphatic heterocycles. The van der Waals surface area contributed by atoms with Crippen LogP contribution in [0.25, 0.3) is 0 Å². The van der Waals surface area contributed by atoms with Crippen molar-refractivity contribution >= 4 is 0 Å². The first-order valence-corrected chi connectivity index (χ1v) is 5.31. The van der Waals surface area contributed by atoms with E-state index in [0.29, 0.717) is 18.8 Å². The monoisotopic (exact) mass is 226 g/mol. The zero-order valence-electron chi connectivity index (χ0n) is 9.15. The molecular formula is C12H15FO3. The SMILES string of the molecule is COC1CCOCC1c1cc(O)ccc1F. The minimum absolute atomic E-state index is 0.0509. The molecule has 3 nitrogen and oxygen atoms in total. The number of aromatic hydroxyl groups is 1. The van der Waals surface area contributed by atoms with Crippen LogP contribution in [0.4, 0.5) is 4.39 Å². The van der Waals surface area contributed by atoms with Gasteiger partial charge in [-0.05, 0) is 30.2 Å². The van der Waals surface area contributed by atoms with Gasteiger partial charge in [0.15, 0.2) is 0 Å². The number of benzene rings is 1. The van der Waals surface area contributed by atoms with Crippen LogP contribution in [0.5, 0.6) is 5.75 Å². The van der Waals surface area contributed by atoms with Crippen molar-refractivity contribution in [1.29, 1.82) is 0 Å². The molecule has 1 heterocycles. The molecule has 88 valence electrons. The minimum Gasteiger partial charge on any atom is -0.508 e. The molecule has 2 unspecified atom stereocenters. The number of halogens is 1. The van der Waals surface area contributed by atoms with Gasteiger partial charge in [-0.2, -0.15) is 0 Å². The molecule has 4 heteroatoms. The molecule has 1 N–H and O–H groups in total. The summed E-state index contributed by atoms with van der Waals surface area (Å²) in [5, 5.41) is 9.38. The van der Waals surface area contributed by atoms with Crippen LogP contribution in [0.15, 0.2) is 18.2 Å². The van der Waals surface area contributed by atoms with E-state index in [-0.39, 0.29) is 23.6 Å². The highest BCUT2D eigenvalue weighted by Gasteiger charge is 2.29. The van der Waals surface area contributed by atoms with Crippen molar-refractivity contribution in [3.63, 3.8) is 0 Å². The standard InChI is InChI=1S/C12H15FO3/c1-15-12-4-5-16-7-10(12)9-6-8(14)2-3-11(9)13/h2-3,6,10,12,14H,4-5,7H2,1H3. The van der Waals surface area contributed by atoms with Crippen LogP contribution in [0.1, 0.15) is 17.9 Å². The van der Waals surface area contributed by atoms with E-state index in [9.17, 15) is 9.50 Å². The Balaban J connectivity index is 2.30. The molecule has 16 heavy (non-hydrogen) atoms. The van der Waals surface area contributed by atoms with Crippen molar-refractivity contribution in [2.75, 3.05) is 20.3 Å². The molecular weight excluding hydrogens is 211 g/mol. The smallest absolute Gasteiger partial charge is 0.127 e. The predicted molar refractivity (Wildman–Crippen MR) is 57.0 cm³/mol. The van der Waals surface area contributed by atoms with Crippen molar-refractivity contribution in [3.05, 3.63) is 29.6 Å². The largest absolute Gasteiger partial charge is 0.508 e. The Morgan fingerprint density at radius 1 is 1.50 bits per heavy atom. The van der Waals surface area contributed by atoms with Gasteiger partial charge in [0.05, 0.1) is 12.7 Å². The molecule has 0 aromatic heterocycles. The number of rotatable bonds is 2. The number of methoxy groups -OCH3 is 1. The number of phenols is 1. The van der Waals surface area contributed by atoms with E-state index in [1.54, 1.807) is 7.11 Å². The maximum Gasteiger partial charge on any atom is 0.127 e. The minimum atomic E-state index is -0.324. The lowest BCUT2D eigenvalue weighted by Gasteiger charge is -2.30. The Hall–Kier alpha value is -1.13. The fourth-order valence-electron chi connectivity index (χ4n) is 2.11. The molecule has 2 rings (SSSR count). The second-order valence-corrected chi connectivity index (χ2v) is 3.95. The predicted octanol–water partition coefficient (Wildman–Crippen LogP) is 2.05. The third-order valence-electron chi connectivity index (χ3n) is 2.97. The molecule has 0 spiro atoms. The fraction of sp³-hybridized carbons (Fsp3) is 0.500. The summed E-state index contributed by atoms with van der Waals surface area (Å²) >= 11 is 0. The van der Waals surface area contributed by atoms with Gasteiger partial charge in [0.1, 0.15) is 11.6 Å². The molecule has 2 atom stereocenters. The highest BCUT2D eigenvalue weighted by Crippen LogP contribution is 2.31. The first-order chi connectivity index (χ1) is 7.72. The lowest BCUT2D eigenvalue weighted by Crippen LogP contribution is -2.32. The van der Waals surface area contributed by atoms with Crippen LogP contribution >= 0.6 is 0 Å². The number of hydrogen-bond donors (Lipinski definition) is 1. The van der Waals surface area contributed by atoms with E-state index in [0.717, 1.165) is 6.42 Å². The van der Waals surface area contributed by atoms with E-state index in [1.807, 2.05) is 0 Å². The lowest BCUT2D eigenvalue weighted by atomic mass is 9.90. The van der Waals surface area contributed by atoms with Crippen molar-refractivity contribution in [2.45, 2.75) is 18.4 Å². The Morgan fingerprint density at radius 3 is 3.06 bits per heavy atom. The van der Waals surface area contributed by atoms with E-state index < -0.39 is 0 Å². The Kier molecular flexibility index (Phi) is 3.41. The average molecular weight is 226 g/mol. The Bertz CT molecular complexity index is 367. The molecule has 0 radical (unpaired) electrons. The topological polar surface area (TPSA) is 38.7 Å². The summed E-state index contributed by atoms with van der Waals surface area (Å²) in [6, 6.07) is 4.05. The van der Waals surface area contributed by atoms with Gasteiger partial charge in [0.25, 0.3) is 0 Å². The van der Waals surface area contributed by atoms with E-state index in [2.05, 4.69) is 0 Å². The lowest BCUT2D eigenvalue weighted by molar-refractivity contribution is -0.0294. The van der Waals surface area contributed by atoms with E-state index >= 15 is 0 Å². The van der Waals surface area contributed by atoms with Gasteiger partial charge in [-0.25, -0.2) is 4.39 Å². The summed E-state index contributed by atoms with van der Waals surface area (Å²) in [5.74, 6) is -0.405. The van der Waals surface area contributed by atoms with Gasteiger partial charge in [0.2, 0.25) is 0 Å². The molecule has 0 bridgehead atoms. The summed E-state index contributed by atoms with van der Waals surface area (Å²) in [7, 11) is 1.61. The summed E-state index contributed by atoms with van der Waals surface area (Å²) in [6.45, 7) is 1.06. The maximum absolute atomic E-state index is 13.6. The second kappa shape index (κ2) is 4.80. The van der Waals surface area contributed by atoms with Crippen LogP contribution in [0, 0.1) is 5.82 Å². The maximum atomic E-state index is 13.6. The quantitative estimate of drug-likeness (QED) is 0.838. The number of ether oxygens (including phenoxy) is 2. The van der Waals surface area contributed by atoms with Crippen LogP contribution in [0.3, 0.4) is 0 Å². The van der Waals surface area contributed by atoms with Crippen LogP contribution in [0.2, 0.25) is 0 Å². The van der Waals surface area contributed by atoms with Crippen molar-refractivity contribution in [3.8, 4) is 5.75 Å². The fourth-order valence-corrected chi connectivity index (χ4v) is 2.11. The molecule has 1 aliphatic rings. The van der Waals surface area contributed by atoms with Gasteiger partial charge >= 0.3 is 0 Å². The summed E-state index contributed by atoms with van der Waals surface area (Å²) in [5.41, 5.74) is 0.464. The first-order valence-electron chi connectivity index (χ1n) is 5.31. The highest BCUT2D eigenvalue weighted by molar-refractivity contribution is 5.32. The molecule has 1 fully saturated rings. The number of phenolic OH excluding ortho intramolecular Hbond substituents is 1. The van der Waals surface area contributed by atoms with Gasteiger partial charge in [-0.1, -0.05) is 0 Å². The second-order valence-electron chi connectivity index (χ2n) is 3.95. The zero-order valence-corrected chi connectivity index (χ0v) is 9.15. The van der Waals surface area contributed by atoms with Crippen LogP contribution in [-0.4, -0.2) is 31.5 Å². The normalized spacial score (nSPS) is 25.6. The van der Waals surface area contributed by atoms with E-state index in [1.165, 1.54) is 18.2 Å². The van der Waals surface area contributed by atoms with Gasteiger partial charge in [0, 0.05) is 19.6 Å². The van der Waals surface area contributed by atoms with Crippen LogP contribution < -0.4 is 0 Å². The van der Waals surface area contributed by atoms with Crippen LogP contribution in [-0.2, 0) is 9.47 Å². The molecule has 1 saturated heterocycles. The first kappa shape index (κ1) is 11.4. The molecule has 0 amide bonds. The Labute approximate surface area is 93.8 Å². The van der Waals surface area contributed by atoms with E-state index in [4.69, 9.17) is 9.47 Å². The van der Waals surface area contributed by atoms with Gasteiger partial charge < -0.3 is 14.6 Å². The summed E-state index contributed by atoms with van der Waals surface area (Å²) in [6.07, 6.45) is 0.695. The summed E-state index contributed by atoms with van der Waals surface area (Å²) < 4.78 is 24.3. The zero-order chi connectivity index (χ0) is 11.5. The molecule has 1 aromatic carbocycles. The Morgan fingerprint density at radius 2 is 2.31 bits per heavy atom. The third-order valence-corrected chi connectivity index (χ3v) is 2.97. The molecule has 1 aromatic rings. The highest BCUT2D eigenvalue weighted by atomic mass is 19.1. The molecule has 0 saturated carbocycles. The van der Waals surface area contributed by atoms with Crippen molar-refractivity contribution < 1.29 is 19.0 Å². The summed E-state index contributed by atoms with van der Waals surface area (Å²) in [4.78, 5) is 0. The molecule has 0 aliphatic carbocycles.